The molecule has 0 bridgehead atoms. The van der Waals surface area contributed by atoms with Gasteiger partial charge in [0.15, 0.2) is 5.78 Å². The van der Waals surface area contributed by atoms with Crippen LogP contribution in [0, 0.1) is 11.3 Å². The Kier molecular flexibility index (Phi) is 11.4. The largest absolute Gasteiger partial charge is 0.478 e. The van der Waals surface area contributed by atoms with E-state index in [9.17, 15) is 19.5 Å². The zero-order valence-corrected chi connectivity index (χ0v) is 19.4. The van der Waals surface area contributed by atoms with E-state index in [0.29, 0.717) is 36.3 Å². The van der Waals surface area contributed by atoms with Crippen LogP contribution in [0.3, 0.4) is 0 Å². The van der Waals surface area contributed by atoms with Gasteiger partial charge in [-0.3, -0.25) is 4.79 Å². The smallest absolute Gasteiger partial charge is 0.328 e. The van der Waals surface area contributed by atoms with Gasteiger partial charge in [0.25, 0.3) is 0 Å². The van der Waals surface area contributed by atoms with Gasteiger partial charge in [0.1, 0.15) is 0 Å². The molecule has 34 heavy (non-hydrogen) atoms. The van der Waals surface area contributed by atoms with Crippen LogP contribution in [0.5, 0.6) is 0 Å². The summed E-state index contributed by atoms with van der Waals surface area (Å²) in [6, 6.07) is 13.4. The number of hydrogen-bond acceptors (Lipinski definition) is 6. The summed E-state index contributed by atoms with van der Waals surface area (Å²) in [5, 5.41) is 33.7. The van der Waals surface area contributed by atoms with Gasteiger partial charge in [0.05, 0.1) is 23.9 Å². The fraction of sp³-hybridized carbons (Fsp3) is 0.360. The highest BCUT2D eigenvalue weighted by Gasteiger charge is 2.19. The number of carboxylic acids is 2. The van der Waals surface area contributed by atoms with Gasteiger partial charge >= 0.3 is 11.9 Å². The normalized spacial score (nSPS) is 12.3. The molecule has 9 nitrogen and oxygen atoms in total. The number of aliphatic hydroxyl groups is 1. The number of benzene rings is 1. The Labute approximate surface area is 198 Å². The molecule has 0 saturated carbocycles. The summed E-state index contributed by atoms with van der Waals surface area (Å²) in [7, 11) is 1.90. The Morgan fingerprint density at radius 1 is 1.06 bits per heavy atom. The third kappa shape index (κ3) is 10.3. The highest BCUT2D eigenvalue weighted by molar-refractivity contribution is 5.94. The molecule has 2 rings (SSSR count). The second-order valence-electron chi connectivity index (χ2n) is 8.18. The quantitative estimate of drug-likeness (QED) is 0.287. The van der Waals surface area contributed by atoms with Crippen LogP contribution in [-0.4, -0.2) is 49.8 Å². The maximum absolute atomic E-state index is 12.5. The average Bonchev–Trinajstić information content (AvgIpc) is 3.17. The Hall–Kier alpha value is -3.74. The van der Waals surface area contributed by atoms with E-state index in [0.717, 1.165) is 30.5 Å². The summed E-state index contributed by atoms with van der Waals surface area (Å²) in [6.07, 6.45) is 4.58. The molecular weight excluding hydrogens is 438 g/mol. The molecule has 2 aromatic rings. The molecular formula is C25H31N3O6. The molecule has 0 fully saturated rings. The molecule has 1 heterocycles. The van der Waals surface area contributed by atoms with Gasteiger partial charge in [0, 0.05) is 36.9 Å². The first-order chi connectivity index (χ1) is 16.0. The van der Waals surface area contributed by atoms with E-state index in [2.05, 4.69) is 6.07 Å². The lowest BCUT2D eigenvalue weighted by atomic mass is 9.97. The first-order valence-corrected chi connectivity index (χ1v) is 10.7. The first kappa shape index (κ1) is 28.3. The van der Waals surface area contributed by atoms with Crippen molar-refractivity contribution >= 4 is 17.7 Å². The SMILES string of the molecule is Cn1c(CC[C@@](C)(N)CO)ccc1C(=O)CCCc1ccc(C#N)cc1.O=C(O)C=CC(=O)O. The van der Waals surface area contributed by atoms with Gasteiger partial charge in [-0.15, -0.1) is 0 Å². The second kappa shape index (κ2) is 13.7. The number of carbonyl (C=O) groups excluding carboxylic acids is 1. The number of Topliss-reactive ketones (excluding diaryl/α,β-unsaturated/α-hetero) is 1. The van der Waals surface area contributed by atoms with Crippen LogP contribution < -0.4 is 5.73 Å². The molecule has 0 aliphatic carbocycles. The third-order valence-corrected chi connectivity index (χ3v) is 5.15. The number of aliphatic carboxylic acids is 2. The van der Waals surface area contributed by atoms with E-state index in [1.165, 1.54) is 0 Å². The van der Waals surface area contributed by atoms with Gasteiger partial charge in [-0.25, -0.2) is 9.59 Å². The van der Waals surface area contributed by atoms with E-state index < -0.39 is 17.5 Å². The number of nitrogens with zero attached hydrogens (tertiary/aromatic N) is 2. The molecule has 0 saturated heterocycles. The van der Waals surface area contributed by atoms with Crippen LogP contribution >= 0.6 is 0 Å². The van der Waals surface area contributed by atoms with E-state index in [1.807, 2.05) is 42.8 Å². The molecule has 5 N–H and O–H groups in total. The van der Waals surface area contributed by atoms with Crippen molar-refractivity contribution in [3.8, 4) is 6.07 Å². The number of aryl methyl sites for hydroxylation is 2. The number of carbonyl (C=O) groups is 3. The second-order valence-corrected chi connectivity index (χ2v) is 8.18. The van der Waals surface area contributed by atoms with Crippen LogP contribution in [-0.2, 0) is 29.5 Å². The predicted molar refractivity (Wildman–Crippen MR) is 126 cm³/mol. The molecule has 1 aromatic heterocycles. The van der Waals surface area contributed by atoms with Crippen molar-refractivity contribution in [1.82, 2.24) is 4.57 Å². The van der Waals surface area contributed by atoms with Crippen LogP contribution in [0.1, 0.15) is 53.5 Å². The molecule has 1 aromatic carbocycles. The first-order valence-electron chi connectivity index (χ1n) is 10.7. The van der Waals surface area contributed by atoms with E-state index in [4.69, 9.17) is 21.2 Å². The van der Waals surface area contributed by atoms with E-state index in [1.54, 1.807) is 12.1 Å². The molecule has 9 heteroatoms. The summed E-state index contributed by atoms with van der Waals surface area (Å²) in [4.78, 5) is 31.6. The standard InChI is InChI=1S/C21H27N3O2.C4H4O4/c1-21(23,15-25)13-12-18-10-11-19(24(18)2)20(26)5-3-4-16-6-8-17(14-22)9-7-16;5-3(6)1-2-4(7)8/h6-11,25H,3-5,12-13,15,23H2,1-2H3;1-2H,(H,5,6)(H,7,8)/t21-;/m1./s1. The number of aliphatic hydroxyl groups excluding tert-OH is 1. The maximum atomic E-state index is 12.5. The van der Waals surface area contributed by atoms with Gasteiger partial charge in [-0.2, -0.15) is 5.26 Å². The Bertz CT molecular complexity index is 1030. The van der Waals surface area contributed by atoms with Crippen molar-refractivity contribution < 1.29 is 29.7 Å². The summed E-state index contributed by atoms with van der Waals surface area (Å²) in [5.74, 6) is -2.38. The highest BCUT2D eigenvalue weighted by atomic mass is 16.4. The van der Waals surface area contributed by atoms with Crippen LogP contribution in [0.25, 0.3) is 0 Å². The lowest BCUT2D eigenvalue weighted by Crippen LogP contribution is -2.40. The monoisotopic (exact) mass is 469 g/mol. The zero-order chi connectivity index (χ0) is 25.7. The molecule has 0 aliphatic rings. The Balaban J connectivity index is 0.000000620. The lowest BCUT2D eigenvalue weighted by Gasteiger charge is -2.21. The van der Waals surface area contributed by atoms with Crippen molar-refractivity contribution in [2.24, 2.45) is 12.8 Å². The minimum absolute atomic E-state index is 0.0570. The van der Waals surface area contributed by atoms with E-state index >= 15 is 0 Å². The van der Waals surface area contributed by atoms with Gasteiger partial charge in [-0.1, -0.05) is 12.1 Å². The van der Waals surface area contributed by atoms with Crippen LogP contribution in [0.4, 0.5) is 0 Å². The molecule has 0 radical (unpaired) electrons. The number of aromatic nitrogens is 1. The minimum Gasteiger partial charge on any atom is -0.478 e. The number of hydrogen-bond donors (Lipinski definition) is 4. The highest BCUT2D eigenvalue weighted by Crippen LogP contribution is 2.16. The molecule has 1 atom stereocenters. The Morgan fingerprint density at radius 3 is 2.15 bits per heavy atom. The fourth-order valence-electron chi connectivity index (χ4n) is 3.05. The van der Waals surface area contributed by atoms with Gasteiger partial charge in [0.2, 0.25) is 0 Å². The molecule has 0 aliphatic heterocycles. The summed E-state index contributed by atoms with van der Waals surface area (Å²) in [6.45, 7) is 1.77. The van der Waals surface area contributed by atoms with Crippen molar-refractivity contribution in [1.29, 1.82) is 5.26 Å². The van der Waals surface area contributed by atoms with Gasteiger partial charge < -0.3 is 25.6 Å². The van der Waals surface area contributed by atoms with E-state index in [-0.39, 0.29) is 12.4 Å². The predicted octanol–water partition coefficient (Wildman–Crippen LogP) is 2.46. The molecule has 182 valence electrons. The Morgan fingerprint density at radius 2 is 1.65 bits per heavy atom. The fourth-order valence-corrected chi connectivity index (χ4v) is 3.05. The number of nitriles is 1. The van der Waals surface area contributed by atoms with Crippen LogP contribution in [0.2, 0.25) is 0 Å². The summed E-state index contributed by atoms with van der Waals surface area (Å²) in [5.41, 5.74) is 8.92. The molecule has 0 unspecified atom stereocenters. The lowest BCUT2D eigenvalue weighted by molar-refractivity contribution is -0.134. The molecule has 0 amide bonds. The third-order valence-electron chi connectivity index (χ3n) is 5.15. The molecule has 0 spiro atoms. The van der Waals surface area contributed by atoms with Crippen molar-refractivity contribution in [2.45, 2.75) is 44.6 Å². The van der Waals surface area contributed by atoms with Crippen LogP contribution in [0.15, 0.2) is 48.6 Å². The summed E-state index contributed by atoms with van der Waals surface area (Å²) >= 11 is 0. The minimum atomic E-state index is -1.26. The average molecular weight is 470 g/mol. The number of rotatable bonds is 11. The van der Waals surface area contributed by atoms with Crippen molar-refractivity contribution in [3.63, 3.8) is 0 Å². The number of nitrogens with two attached hydrogens (primary N) is 1. The van der Waals surface area contributed by atoms with Crippen molar-refractivity contribution in [3.05, 3.63) is 71.1 Å². The van der Waals surface area contributed by atoms with Crippen molar-refractivity contribution in [2.75, 3.05) is 6.61 Å². The number of ketones is 1. The maximum Gasteiger partial charge on any atom is 0.328 e. The topological polar surface area (TPSA) is 167 Å². The zero-order valence-electron chi connectivity index (χ0n) is 19.4. The summed E-state index contributed by atoms with van der Waals surface area (Å²) < 4.78 is 1.93. The van der Waals surface area contributed by atoms with Gasteiger partial charge in [-0.05, 0) is 62.4 Å². The number of carboxylic acid groups (broad SMARTS) is 2.